The Balaban J connectivity index is 1.42. The zero-order valence-corrected chi connectivity index (χ0v) is 14.7. The fourth-order valence-electron chi connectivity index (χ4n) is 3.51. The van der Waals surface area contributed by atoms with E-state index in [9.17, 15) is 9.18 Å². The zero-order chi connectivity index (χ0) is 18.1. The molecule has 0 bridgehead atoms. The van der Waals surface area contributed by atoms with Crippen LogP contribution in [0.25, 0.3) is 11.0 Å². The molecule has 0 radical (unpaired) electrons. The largest absolute Gasteiger partial charge is 0.464 e. The Kier molecular flexibility index (Phi) is 4.37. The Labute approximate surface area is 151 Å². The van der Waals surface area contributed by atoms with E-state index < -0.39 is 0 Å². The number of fused-ring (bicyclic) bond motifs is 1. The highest BCUT2D eigenvalue weighted by atomic mass is 19.1. The minimum Gasteiger partial charge on any atom is -0.464 e. The van der Waals surface area contributed by atoms with Crippen LogP contribution in [0.2, 0.25) is 0 Å². The number of hydrogen-bond donors (Lipinski definition) is 0. The molecular weight excluding hydrogens is 331 g/mol. The van der Waals surface area contributed by atoms with Crippen LogP contribution in [0.4, 0.5) is 10.1 Å². The molecule has 1 saturated heterocycles. The first kappa shape index (κ1) is 16.6. The van der Waals surface area contributed by atoms with Gasteiger partial charge in [0, 0.05) is 37.1 Å². The minimum absolute atomic E-state index is 0.0855. The van der Waals surface area contributed by atoms with Crippen molar-refractivity contribution in [3.8, 4) is 0 Å². The molecule has 1 fully saturated rings. The number of amides is 1. The second-order valence-corrected chi connectivity index (χ2v) is 6.76. The molecule has 4 nitrogen and oxygen atoms in total. The Morgan fingerprint density at radius 2 is 1.88 bits per heavy atom. The lowest BCUT2D eigenvalue weighted by atomic mass is 10.1. The molecule has 4 rings (SSSR count). The molecule has 3 aromatic rings. The highest BCUT2D eigenvalue weighted by Crippen LogP contribution is 2.24. The van der Waals surface area contributed by atoms with Crippen LogP contribution < -0.4 is 4.90 Å². The Morgan fingerprint density at radius 1 is 1.12 bits per heavy atom. The average Bonchev–Trinajstić information content (AvgIpc) is 3.04. The SMILES string of the molecule is Cc1ccc2occ(CC(=O)N3CCN(c4ccccc4F)CC3)c2c1. The van der Waals surface area contributed by atoms with Crippen molar-refractivity contribution in [2.75, 3.05) is 31.1 Å². The molecule has 2 heterocycles. The van der Waals surface area contributed by atoms with Crippen LogP contribution in [0, 0.1) is 12.7 Å². The van der Waals surface area contributed by atoms with Crippen molar-refractivity contribution in [3.63, 3.8) is 0 Å². The highest BCUT2D eigenvalue weighted by Gasteiger charge is 2.23. The van der Waals surface area contributed by atoms with Crippen LogP contribution in [0.5, 0.6) is 0 Å². The number of hydrogen-bond acceptors (Lipinski definition) is 3. The van der Waals surface area contributed by atoms with Gasteiger partial charge in [0.05, 0.1) is 18.4 Å². The molecule has 1 aliphatic heterocycles. The van der Waals surface area contributed by atoms with Crippen LogP contribution >= 0.6 is 0 Å². The summed E-state index contributed by atoms with van der Waals surface area (Å²) in [7, 11) is 0. The summed E-state index contributed by atoms with van der Waals surface area (Å²) in [6.07, 6.45) is 2.01. The molecule has 0 N–H and O–H groups in total. The maximum absolute atomic E-state index is 13.9. The zero-order valence-electron chi connectivity index (χ0n) is 14.7. The number of rotatable bonds is 3. The van der Waals surface area contributed by atoms with Crippen LogP contribution in [0.3, 0.4) is 0 Å². The van der Waals surface area contributed by atoms with E-state index in [0.717, 1.165) is 22.1 Å². The molecule has 0 atom stereocenters. The summed E-state index contributed by atoms with van der Waals surface area (Å²) in [5.41, 5.74) is 3.48. The van der Waals surface area contributed by atoms with E-state index in [1.54, 1.807) is 18.4 Å². The van der Waals surface area contributed by atoms with Crippen LogP contribution in [-0.4, -0.2) is 37.0 Å². The number of nitrogens with zero attached hydrogens (tertiary/aromatic N) is 2. The topological polar surface area (TPSA) is 36.7 Å². The van der Waals surface area contributed by atoms with Gasteiger partial charge in [-0.15, -0.1) is 0 Å². The normalized spacial score (nSPS) is 14.8. The Bertz CT molecular complexity index is 942. The van der Waals surface area contributed by atoms with Crippen molar-refractivity contribution in [1.82, 2.24) is 4.90 Å². The van der Waals surface area contributed by atoms with Gasteiger partial charge in [0.2, 0.25) is 5.91 Å². The number of anilines is 1. The molecule has 26 heavy (non-hydrogen) atoms. The summed E-state index contributed by atoms with van der Waals surface area (Å²) < 4.78 is 19.5. The van der Waals surface area contributed by atoms with Crippen molar-refractivity contribution in [2.45, 2.75) is 13.3 Å². The Hall–Kier alpha value is -2.82. The summed E-state index contributed by atoms with van der Waals surface area (Å²) in [5, 5.41) is 1.00. The predicted octanol–water partition coefficient (Wildman–Crippen LogP) is 3.77. The van der Waals surface area contributed by atoms with Gasteiger partial charge >= 0.3 is 0 Å². The van der Waals surface area contributed by atoms with Crippen molar-refractivity contribution in [2.24, 2.45) is 0 Å². The first-order chi connectivity index (χ1) is 12.6. The van der Waals surface area contributed by atoms with E-state index in [4.69, 9.17) is 4.42 Å². The van der Waals surface area contributed by atoms with Gasteiger partial charge < -0.3 is 14.2 Å². The third-order valence-corrected chi connectivity index (χ3v) is 4.98. The van der Waals surface area contributed by atoms with Gasteiger partial charge in [0.1, 0.15) is 11.4 Å². The van der Waals surface area contributed by atoms with Gasteiger partial charge in [-0.25, -0.2) is 4.39 Å². The van der Waals surface area contributed by atoms with Gasteiger partial charge in [-0.05, 0) is 31.2 Å². The number of furan rings is 1. The third-order valence-electron chi connectivity index (χ3n) is 4.98. The van der Waals surface area contributed by atoms with E-state index in [0.29, 0.717) is 38.3 Å². The Morgan fingerprint density at radius 3 is 2.65 bits per heavy atom. The fourth-order valence-corrected chi connectivity index (χ4v) is 3.51. The van der Waals surface area contributed by atoms with Crippen molar-refractivity contribution < 1.29 is 13.6 Å². The maximum atomic E-state index is 13.9. The van der Waals surface area contributed by atoms with E-state index in [2.05, 4.69) is 6.07 Å². The number of carbonyl (C=O) groups is 1. The van der Waals surface area contributed by atoms with Crippen LogP contribution in [-0.2, 0) is 11.2 Å². The molecule has 1 amide bonds. The number of para-hydroxylation sites is 1. The molecule has 2 aromatic carbocycles. The van der Waals surface area contributed by atoms with E-state index >= 15 is 0 Å². The fraction of sp³-hybridized carbons (Fsp3) is 0.286. The van der Waals surface area contributed by atoms with Gasteiger partial charge in [0.25, 0.3) is 0 Å². The van der Waals surface area contributed by atoms with Crippen LogP contribution in [0.15, 0.2) is 53.1 Å². The molecule has 0 spiro atoms. The van der Waals surface area contributed by atoms with Gasteiger partial charge in [0.15, 0.2) is 0 Å². The number of piperazine rings is 1. The molecule has 0 aliphatic carbocycles. The number of benzene rings is 2. The predicted molar refractivity (Wildman–Crippen MR) is 99.8 cm³/mol. The second-order valence-electron chi connectivity index (χ2n) is 6.76. The molecular formula is C21H21FN2O2. The average molecular weight is 352 g/mol. The first-order valence-corrected chi connectivity index (χ1v) is 8.86. The molecule has 1 aromatic heterocycles. The van der Waals surface area contributed by atoms with Crippen molar-refractivity contribution >= 4 is 22.6 Å². The summed E-state index contributed by atoms with van der Waals surface area (Å²) in [6, 6.07) is 12.8. The van der Waals surface area contributed by atoms with Gasteiger partial charge in [-0.3, -0.25) is 4.79 Å². The van der Waals surface area contributed by atoms with Crippen LogP contribution in [0.1, 0.15) is 11.1 Å². The maximum Gasteiger partial charge on any atom is 0.227 e. The van der Waals surface area contributed by atoms with E-state index in [1.807, 2.05) is 34.9 Å². The number of halogens is 1. The molecule has 134 valence electrons. The summed E-state index contributed by atoms with van der Waals surface area (Å²) in [4.78, 5) is 16.5. The third kappa shape index (κ3) is 3.17. The smallest absolute Gasteiger partial charge is 0.227 e. The lowest BCUT2D eigenvalue weighted by Crippen LogP contribution is -2.49. The highest BCUT2D eigenvalue weighted by molar-refractivity contribution is 5.88. The lowest BCUT2D eigenvalue weighted by molar-refractivity contribution is -0.130. The van der Waals surface area contributed by atoms with Gasteiger partial charge in [-0.2, -0.15) is 0 Å². The first-order valence-electron chi connectivity index (χ1n) is 8.86. The number of aryl methyl sites for hydroxylation is 1. The van der Waals surface area contributed by atoms with Crippen molar-refractivity contribution in [1.29, 1.82) is 0 Å². The monoisotopic (exact) mass is 352 g/mol. The van der Waals surface area contributed by atoms with Crippen molar-refractivity contribution in [3.05, 3.63) is 65.7 Å². The standard InChI is InChI=1S/C21H21FN2O2/c1-15-6-7-20-17(12-15)16(14-26-20)13-21(25)24-10-8-23(9-11-24)19-5-3-2-4-18(19)22/h2-7,12,14H,8-11,13H2,1H3. The molecule has 0 unspecified atom stereocenters. The number of carbonyl (C=O) groups excluding carboxylic acids is 1. The second kappa shape index (κ2) is 6.83. The molecule has 5 heteroatoms. The lowest BCUT2D eigenvalue weighted by Gasteiger charge is -2.36. The molecule has 1 aliphatic rings. The van der Waals surface area contributed by atoms with Gasteiger partial charge in [-0.1, -0.05) is 23.8 Å². The quantitative estimate of drug-likeness (QED) is 0.720. The minimum atomic E-state index is -0.215. The molecule has 0 saturated carbocycles. The summed E-state index contributed by atoms with van der Waals surface area (Å²) >= 11 is 0. The van der Waals surface area contributed by atoms with E-state index in [1.165, 1.54) is 6.07 Å². The summed E-state index contributed by atoms with van der Waals surface area (Å²) in [5.74, 6) is -0.130. The summed E-state index contributed by atoms with van der Waals surface area (Å²) in [6.45, 7) is 4.50. The van der Waals surface area contributed by atoms with E-state index in [-0.39, 0.29) is 11.7 Å².